The Morgan fingerprint density at radius 3 is 2.59 bits per heavy atom. The SMILES string of the molecule is COc1cc(C)c(C)cc1S(=O)(=O)N1CCn2nc(CNC(C)=O)cc2C1. The second-order valence-corrected chi connectivity index (χ2v) is 8.59. The van der Waals surface area contributed by atoms with E-state index in [-0.39, 0.29) is 17.3 Å². The lowest BCUT2D eigenvalue weighted by atomic mass is 10.1. The summed E-state index contributed by atoms with van der Waals surface area (Å²) in [6.07, 6.45) is 0. The summed E-state index contributed by atoms with van der Waals surface area (Å²) in [7, 11) is -2.23. The summed E-state index contributed by atoms with van der Waals surface area (Å²) >= 11 is 0. The summed E-state index contributed by atoms with van der Waals surface area (Å²) in [5.74, 6) is 0.218. The van der Waals surface area contributed by atoms with Gasteiger partial charge in [0.25, 0.3) is 0 Å². The Bertz CT molecular complexity index is 981. The molecule has 27 heavy (non-hydrogen) atoms. The van der Waals surface area contributed by atoms with Crippen LogP contribution in [0.5, 0.6) is 5.75 Å². The summed E-state index contributed by atoms with van der Waals surface area (Å²) in [4.78, 5) is 11.2. The third-order valence-electron chi connectivity index (χ3n) is 4.73. The first kappa shape index (κ1) is 19.4. The lowest BCUT2D eigenvalue weighted by Gasteiger charge is -2.27. The first-order chi connectivity index (χ1) is 12.7. The van der Waals surface area contributed by atoms with Crippen LogP contribution in [0.4, 0.5) is 0 Å². The van der Waals surface area contributed by atoms with Gasteiger partial charge in [0, 0.05) is 13.5 Å². The van der Waals surface area contributed by atoms with E-state index in [2.05, 4.69) is 10.4 Å². The molecule has 9 heteroatoms. The van der Waals surface area contributed by atoms with Crippen molar-refractivity contribution in [3.05, 3.63) is 40.7 Å². The molecule has 0 unspecified atom stereocenters. The molecule has 3 rings (SSSR count). The van der Waals surface area contributed by atoms with E-state index < -0.39 is 10.0 Å². The van der Waals surface area contributed by atoms with Crippen LogP contribution in [0.2, 0.25) is 0 Å². The second-order valence-electron chi connectivity index (χ2n) is 6.69. The lowest BCUT2D eigenvalue weighted by Crippen LogP contribution is -2.38. The van der Waals surface area contributed by atoms with Gasteiger partial charge < -0.3 is 10.1 Å². The molecule has 1 aromatic heterocycles. The Hall–Kier alpha value is -2.39. The molecule has 1 aliphatic heterocycles. The van der Waals surface area contributed by atoms with Gasteiger partial charge in [0.05, 0.1) is 38.1 Å². The first-order valence-corrected chi connectivity index (χ1v) is 10.1. The number of rotatable bonds is 5. The second kappa shape index (κ2) is 7.32. The molecular weight excluding hydrogens is 368 g/mol. The Morgan fingerprint density at radius 1 is 1.22 bits per heavy atom. The molecule has 1 aromatic carbocycles. The average molecular weight is 392 g/mol. The highest BCUT2D eigenvalue weighted by atomic mass is 32.2. The summed E-state index contributed by atoms with van der Waals surface area (Å²) < 4.78 is 35.0. The van der Waals surface area contributed by atoms with Crippen LogP contribution >= 0.6 is 0 Å². The molecule has 0 saturated heterocycles. The van der Waals surface area contributed by atoms with Crippen molar-refractivity contribution < 1.29 is 17.9 Å². The number of hydrogen-bond donors (Lipinski definition) is 1. The molecular formula is C18H24N4O4S. The molecule has 1 aliphatic rings. The van der Waals surface area contributed by atoms with Gasteiger partial charge in [-0.2, -0.15) is 9.40 Å². The lowest BCUT2D eigenvalue weighted by molar-refractivity contribution is -0.119. The summed E-state index contributed by atoms with van der Waals surface area (Å²) in [6.45, 7) is 6.59. The van der Waals surface area contributed by atoms with Crippen molar-refractivity contribution >= 4 is 15.9 Å². The number of nitrogens with one attached hydrogen (secondary N) is 1. The Balaban J connectivity index is 1.88. The number of sulfonamides is 1. The normalized spacial score (nSPS) is 14.7. The largest absolute Gasteiger partial charge is 0.495 e. The molecule has 1 amide bonds. The Labute approximate surface area is 159 Å². The van der Waals surface area contributed by atoms with Crippen molar-refractivity contribution in [3.8, 4) is 5.75 Å². The molecule has 0 spiro atoms. The van der Waals surface area contributed by atoms with Crippen molar-refractivity contribution in [1.82, 2.24) is 19.4 Å². The minimum atomic E-state index is -3.71. The van der Waals surface area contributed by atoms with Gasteiger partial charge in [-0.05, 0) is 43.2 Å². The third kappa shape index (κ3) is 3.84. The zero-order valence-electron chi connectivity index (χ0n) is 15.9. The molecule has 2 heterocycles. The smallest absolute Gasteiger partial charge is 0.247 e. The number of fused-ring (bicyclic) bond motifs is 1. The summed E-state index contributed by atoms with van der Waals surface area (Å²) in [5, 5.41) is 7.13. The number of methoxy groups -OCH3 is 1. The van der Waals surface area contributed by atoms with Gasteiger partial charge in [-0.1, -0.05) is 0 Å². The predicted molar refractivity (Wildman–Crippen MR) is 99.8 cm³/mol. The standard InChI is InChI=1S/C18H24N4O4S/c1-12-7-17(26-4)18(8-13(12)2)27(24,25)21-5-6-22-16(11-21)9-15(20-22)10-19-14(3)23/h7-9H,5-6,10-11H2,1-4H3,(H,19,23). The highest BCUT2D eigenvalue weighted by Gasteiger charge is 2.32. The molecule has 0 saturated carbocycles. The van der Waals surface area contributed by atoms with Gasteiger partial charge in [-0.25, -0.2) is 8.42 Å². The van der Waals surface area contributed by atoms with Gasteiger partial charge in [0.1, 0.15) is 10.6 Å². The van der Waals surface area contributed by atoms with Crippen LogP contribution in [0.15, 0.2) is 23.1 Å². The van der Waals surface area contributed by atoms with Crippen molar-refractivity contribution in [3.63, 3.8) is 0 Å². The van der Waals surface area contributed by atoms with Gasteiger partial charge in [-0.15, -0.1) is 0 Å². The van der Waals surface area contributed by atoms with Gasteiger partial charge in [-0.3, -0.25) is 9.48 Å². The Morgan fingerprint density at radius 2 is 1.93 bits per heavy atom. The van der Waals surface area contributed by atoms with E-state index in [0.29, 0.717) is 31.1 Å². The van der Waals surface area contributed by atoms with E-state index in [1.165, 1.54) is 18.3 Å². The molecule has 1 N–H and O–H groups in total. The molecule has 0 bridgehead atoms. The number of aryl methyl sites for hydroxylation is 2. The van der Waals surface area contributed by atoms with E-state index >= 15 is 0 Å². The number of nitrogens with zero attached hydrogens (tertiary/aromatic N) is 3. The van der Waals surface area contributed by atoms with Crippen molar-refractivity contribution in [2.75, 3.05) is 13.7 Å². The van der Waals surface area contributed by atoms with Crippen LogP contribution < -0.4 is 10.1 Å². The van der Waals surface area contributed by atoms with Crippen LogP contribution in [-0.4, -0.2) is 42.1 Å². The maximum atomic E-state index is 13.2. The van der Waals surface area contributed by atoms with Crippen LogP contribution in [-0.2, 0) is 34.5 Å². The maximum Gasteiger partial charge on any atom is 0.247 e. The fraction of sp³-hybridized carbons (Fsp3) is 0.444. The zero-order chi connectivity index (χ0) is 19.8. The maximum absolute atomic E-state index is 13.2. The van der Waals surface area contributed by atoms with Crippen LogP contribution in [0, 0.1) is 13.8 Å². The average Bonchev–Trinajstić information content (AvgIpc) is 3.03. The number of carbonyl (C=O) groups is 1. The van der Waals surface area contributed by atoms with Gasteiger partial charge in [0.2, 0.25) is 15.9 Å². The molecule has 2 aromatic rings. The molecule has 0 radical (unpaired) electrons. The number of ether oxygens (including phenoxy) is 1. The number of hydrogen-bond acceptors (Lipinski definition) is 5. The predicted octanol–water partition coefficient (Wildman–Crippen LogP) is 1.35. The van der Waals surface area contributed by atoms with Crippen molar-refractivity contribution in [2.45, 2.75) is 45.3 Å². The first-order valence-electron chi connectivity index (χ1n) is 8.68. The van der Waals surface area contributed by atoms with E-state index in [1.54, 1.807) is 16.8 Å². The van der Waals surface area contributed by atoms with E-state index in [4.69, 9.17) is 4.74 Å². The van der Waals surface area contributed by atoms with Crippen LogP contribution in [0.1, 0.15) is 29.4 Å². The summed E-state index contributed by atoms with van der Waals surface area (Å²) in [5.41, 5.74) is 3.38. The van der Waals surface area contributed by atoms with Gasteiger partial charge >= 0.3 is 0 Å². The number of benzene rings is 1. The van der Waals surface area contributed by atoms with E-state index in [0.717, 1.165) is 16.8 Å². The zero-order valence-corrected chi connectivity index (χ0v) is 16.8. The number of carbonyl (C=O) groups excluding carboxylic acids is 1. The molecule has 146 valence electrons. The minimum absolute atomic E-state index is 0.132. The van der Waals surface area contributed by atoms with Crippen LogP contribution in [0.3, 0.4) is 0 Å². The number of aromatic nitrogens is 2. The monoisotopic (exact) mass is 392 g/mol. The van der Waals surface area contributed by atoms with Crippen molar-refractivity contribution in [1.29, 1.82) is 0 Å². The van der Waals surface area contributed by atoms with Crippen LogP contribution in [0.25, 0.3) is 0 Å². The topological polar surface area (TPSA) is 93.5 Å². The summed E-state index contributed by atoms with van der Waals surface area (Å²) in [6, 6.07) is 5.24. The Kier molecular flexibility index (Phi) is 5.25. The highest BCUT2D eigenvalue weighted by Crippen LogP contribution is 2.31. The van der Waals surface area contributed by atoms with E-state index in [1.807, 2.05) is 19.9 Å². The molecule has 0 atom stereocenters. The molecule has 0 aliphatic carbocycles. The molecule has 8 nitrogen and oxygen atoms in total. The molecule has 0 fully saturated rings. The number of amides is 1. The minimum Gasteiger partial charge on any atom is -0.495 e. The highest BCUT2D eigenvalue weighted by molar-refractivity contribution is 7.89. The fourth-order valence-corrected chi connectivity index (χ4v) is 4.70. The third-order valence-corrected chi connectivity index (χ3v) is 6.60. The van der Waals surface area contributed by atoms with Crippen molar-refractivity contribution in [2.24, 2.45) is 0 Å². The fourth-order valence-electron chi connectivity index (χ4n) is 3.07. The van der Waals surface area contributed by atoms with E-state index in [9.17, 15) is 13.2 Å². The van der Waals surface area contributed by atoms with Gasteiger partial charge in [0.15, 0.2) is 0 Å². The quantitative estimate of drug-likeness (QED) is 0.829.